The molecule has 0 aliphatic carbocycles. The third-order valence-electron chi connectivity index (χ3n) is 1.97. The van der Waals surface area contributed by atoms with Gasteiger partial charge >= 0.3 is 0 Å². The first-order valence-corrected chi connectivity index (χ1v) is 6.05. The molecule has 5 heteroatoms. The molecule has 15 heavy (non-hydrogen) atoms. The lowest BCUT2D eigenvalue weighted by Gasteiger charge is -2.10. The van der Waals surface area contributed by atoms with Gasteiger partial charge in [-0.2, -0.15) is 0 Å². The fraction of sp³-hybridized carbons (Fsp3) is 0.700. The zero-order chi connectivity index (χ0) is 11.1. The van der Waals surface area contributed by atoms with Crippen molar-refractivity contribution < 1.29 is 4.74 Å². The summed E-state index contributed by atoms with van der Waals surface area (Å²) in [7, 11) is 0. The third kappa shape index (κ3) is 4.70. The van der Waals surface area contributed by atoms with Crippen molar-refractivity contribution in [2.75, 3.05) is 26.3 Å². The van der Waals surface area contributed by atoms with Crippen LogP contribution in [-0.4, -0.2) is 31.3 Å². The van der Waals surface area contributed by atoms with Gasteiger partial charge in [0.05, 0.1) is 19.3 Å². The summed E-state index contributed by atoms with van der Waals surface area (Å²) in [6.07, 6.45) is 0. The molecule has 0 aliphatic heterocycles. The van der Waals surface area contributed by atoms with Crippen molar-refractivity contribution in [3.8, 4) is 0 Å². The SMILES string of the molecule is Cc1csc(C(C)NCCOCCN)n1. The summed E-state index contributed by atoms with van der Waals surface area (Å²) in [6, 6.07) is 0.296. The van der Waals surface area contributed by atoms with Crippen LogP contribution in [0.4, 0.5) is 0 Å². The molecule has 0 aliphatic rings. The van der Waals surface area contributed by atoms with Crippen molar-refractivity contribution in [3.63, 3.8) is 0 Å². The van der Waals surface area contributed by atoms with Crippen molar-refractivity contribution in [3.05, 3.63) is 16.1 Å². The van der Waals surface area contributed by atoms with Crippen molar-refractivity contribution in [1.29, 1.82) is 0 Å². The highest BCUT2D eigenvalue weighted by Gasteiger charge is 2.07. The van der Waals surface area contributed by atoms with E-state index in [1.54, 1.807) is 11.3 Å². The second kappa shape index (κ2) is 6.90. The summed E-state index contributed by atoms with van der Waals surface area (Å²) in [4.78, 5) is 4.42. The summed E-state index contributed by atoms with van der Waals surface area (Å²) in [5, 5.41) is 6.55. The maximum absolute atomic E-state index is 5.31. The van der Waals surface area contributed by atoms with Gasteiger partial charge < -0.3 is 15.8 Å². The molecule has 3 N–H and O–H groups in total. The first-order valence-electron chi connectivity index (χ1n) is 5.17. The molecule has 1 atom stereocenters. The lowest BCUT2D eigenvalue weighted by molar-refractivity contribution is 0.141. The average molecular weight is 229 g/mol. The first kappa shape index (κ1) is 12.6. The lowest BCUT2D eigenvalue weighted by atomic mass is 10.3. The Morgan fingerprint density at radius 2 is 2.40 bits per heavy atom. The molecule has 0 saturated heterocycles. The van der Waals surface area contributed by atoms with E-state index in [2.05, 4.69) is 22.6 Å². The van der Waals surface area contributed by atoms with E-state index < -0.39 is 0 Å². The van der Waals surface area contributed by atoms with Gasteiger partial charge in [-0.15, -0.1) is 11.3 Å². The lowest BCUT2D eigenvalue weighted by Crippen LogP contribution is -2.24. The van der Waals surface area contributed by atoms with Gasteiger partial charge in [-0.05, 0) is 13.8 Å². The van der Waals surface area contributed by atoms with Gasteiger partial charge in [0.15, 0.2) is 0 Å². The van der Waals surface area contributed by atoms with E-state index in [-0.39, 0.29) is 0 Å². The number of aromatic nitrogens is 1. The number of hydrogen-bond donors (Lipinski definition) is 2. The Morgan fingerprint density at radius 1 is 1.60 bits per heavy atom. The van der Waals surface area contributed by atoms with Gasteiger partial charge in [-0.25, -0.2) is 4.98 Å². The van der Waals surface area contributed by atoms with Crippen LogP contribution in [0, 0.1) is 6.92 Å². The Morgan fingerprint density at radius 3 is 3.00 bits per heavy atom. The molecule has 0 spiro atoms. The topological polar surface area (TPSA) is 60.2 Å². The standard InChI is InChI=1S/C10H19N3OS/c1-8-7-15-10(13-8)9(2)12-4-6-14-5-3-11/h7,9,12H,3-6,11H2,1-2H3. The van der Waals surface area contributed by atoms with E-state index in [4.69, 9.17) is 10.5 Å². The van der Waals surface area contributed by atoms with E-state index in [9.17, 15) is 0 Å². The largest absolute Gasteiger partial charge is 0.379 e. The Balaban J connectivity index is 2.16. The minimum absolute atomic E-state index is 0.296. The molecule has 0 saturated carbocycles. The smallest absolute Gasteiger partial charge is 0.110 e. The molecule has 1 rings (SSSR count). The maximum Gasteiger partial charge on any atom is 0.110 e. The van der Waals surface area contributed by atoms with Crippen LogP contribution in [0.3, 0.4) is 0 Å². The quantitative estimate of drug-likeness (QED) is 0.687. The van der Waals surface area contributed by atoms with Crippen LogP contribution < -0.4 is 11.1 Å². The summed E-state index contributed by atoms with van der Waals surface area (Å²) in [6.45, 7) is 6.87. The molecule has 1 aromatic heterocycles. The van der Waals surface area contributed by atoms with Crippen LogP contribution in [0.1, 0.15) is 23.7 Å². The van der Waals surface area contributed by atoms with Gasteiger partial charge in [-0.1, -0.05) is 0 Å². The number of thiazole rings is 1. The highest BCUT2D eigenvalue weighted by molar-refractivity contribution is 7.09. The Labute approximate surface area is 94.8 Å². The molecule has 0 bridgehead atoms. The molecule has 0 aromatic carbocycles. The van der Waals surface area contributed by atoms with E-state index >= 15 is 0 Å². The zero-order valence-electron chi connectivity index (χ0n) is 9.32. The van der Waals surface area contributed by atoms with E-state index in [1.807, 2.05) is 6.92 Å². The zero-order valence-corrected chi connectivity index (χ0v) is 10.1. The molecule has 0 amide bonds. The van der Waals surface area contributed by atoms with Crippen LogP contribution in [0.25, 0.3) is 0 Å². The van der Waals surface area contributed by atoms with Crippen LogP contribution in [0.15, 0.2) is 5.38 Å². The second-order valence-corrected chi connectivity index (χ2v) is 4.29. The van der Waals surface area contributed by atoms with Gasteiger partial charge in [-0.3, -0.25) is 0 Å². The number of aryl methyl sites for hydroxylation is 1. The van der Waals surface area contributed by atoms with Crippen LogP contribution in [0.2, 0.25) is 0 Å². The predicted octanol–water partition coefficient (Wildman–Crippen LogP) is 1.08. The van der Waals surface area contributed by atoms with Crippen LogP contribution >= 0.6 is 11.3 Å². The molecule has 1 unspecified atom stereocenters. The predicted molar refractivity (Wildman–Crippen MR) is 63.1 cm³/mol. The average Bonchev–Trinajstić information content (AvgIpc) is 2.64. The van der Waals surface area contributed by atoms with Crippen LogP contribution in [0.5, 0.6) is 0 Å². The summed E-state index contributed by atoms with van der Waals surface area (Å²) < 4.78 is 5.27. The highest BCUT2D eigenvalue weighted by Crippen LogP contribution is 2.16. The highest BCUT2D eigenvalue weighted by atomic mass is 32.1. The number of nitrogens with zero attached hydrogens (tertiary/aromatic N) is 1. The van der Waals surface area contributed by atoms with Gasteiger partial charge in [0.25, 0.3) is 0 Å². The number of nitrogens with two attached hydrogens (primary N) is 1. The Bertz CT molecular complexity index is 277. The summed E-state index contributed by atoms with van der Waals surface area (Å²) in [5.41, 5.74) is 6.40. The number of hydrogen-bond acceptors (Lipinski definition) is 5. The van der Waals surface area contributed by atoms with Crippen molar-refractivity contribution >= 4 is 11.3 Å². The Kier molecular flexibility index (Phi) is 5.78. The molecular weight excluding hydrogens is 210 g/mol. The maximum atomic E-state index is 5.31. The fourth-order valence-corrected chi connectivity index (χ4v) is 2.02. The van der Waals surface area contributed by atoms with Gasteiger partial charge in [0, 0.05) is 24.2 Å². The molecule has 86 valence electrons. The summed E-state index contributed by atoms with van der Waals surface area (Å²) in [5.74, 6) is 0. The van der Waals surface area contributed by atoms with E-state index in [1.165, 1.54) is 0 Å². The van der Waals surface area contributed by atoms with Gasteiger partial charge in [0.2, 0.25) is 0 Å². The molecule has 1 heterocycles. The minimum Gasteiger partial charge on any atom is -0.379 e. The fourth-order valence-electron chi connectivity index (χ4n) is 1.19. The second-order valence-electron chi connectivity index (χ2n) is 3.40. The van der Waals surface area contributed by atoms with Gasteiger partial charge in [0.1, 0.15) is 5.01 Å². The molecule has 4 nitrogen and oxygen atoms in total. The number of ether oxygens (including phenoxy) is 1. The number of rotatable bonds is 7. The molecule has 0 fully saturated rings. The Hall–Kier alpha value is -0.490. The first-order chi connectivity index (χ1) is 7.24. The molecular formula is C10H19N3OS. The number of nitrogens with one attached hydrogen (secondary N) is 1. The molecule has 0 radical (unpaired) electrons. The van der Waals surface area contributed by atoms with Crippen molar-refractivity contribution in [2.24, 2.45) is 5.73 Å². The monoisotopic (exact) mass is 229 g/mol. The van der Waals surface area contributed by atoms with E-state index in [0.717, 1.165) is 17.2 Å². The minimum atomic E-state index is 0.296. The summed E-state index contributed by atoms with van der Waals surface area (Å²) >= 11 is 1.69. The van der Waals surface area contributed by atoms with E-state index in [0.29, 0.717) is 25.8 Å². The third-order valence-corrected chi connectivity index (χ3v) is 3.11. The van der Waals surface area contributed by atoms with Crippen molar-refractivity contribution in [1.82, 2.24) is 10.3 Å². The van der Waals surface area contributed by atoms with Crippen molar-refractivity contribution in [2.45, 2.75) is 19.9 Å². The normalized spacial score (nSPS) is 13.0. The van der Waals surface area contributed by atoms with Crippen LogP contribution in [-0.2, 0) is 4.74 Å². The molecule has 1 aromatic rings.